The fourth-order valence-electron chi connectivity index (χ4n) is 1.51. The number of hydrogen-bond donors (Lipinski definition) is 1. The minimum atomic E-state index is 0.367. The van der Waals surface area contributed by atoms with E-state index in [0.29, 0.717) is 6.54 Å². The topological polar surface area (TPSA) is 52.0 Å². The van der Waals surface area contributed by atoms with Crippen molar-refractivity contribution < 1.29 is 4.42 Å². The number of aromatic nitrogens is 1. The molecule has 80 valence electrons. The molecular formula is C13H12N2O. The van der Waals surface area contributed by atoms with Gasteiger partial charge < -0.3 is 10.2 Å². The van der Waals surface area contributed by atoms with Gasteiger partial charge in [-0.1, -0.05) is 11.8 Å². The van der Waals surface area contributed by atoms with Crippen molar-refractivity contribution in [1.82, 2.24) is 4.98 Å². The molecule has 1 heterocycles. The van der Waals surface area contributed by atoms with Crippen LogP contribution in [0.4, 0.5) is 0 Å². The highest BCUT2D eigenvalue weighted by atomic mass is 16.3. The molecule has 3 heteroatoms. The standard InChI is InChI=1S/C13H12N2O/c1-10-5-11(3-2-4-14)7-12(6-10)13-8-15-9-16-13/h5-9H,4,14H2,1H3. The van der Waals surface area contributed by atoms with Crippen molar-refractivity contribution in [3.05, 3.63) is 41.9 Å². The van der Waals surface area contributed by atoms with Gasteiger partial charge >= 0.3 is 0 Å². The highest BCUT2D eigenvalue weighted by Crippen LogP contribution is 2.21. The van der Waals surface area contributed by atoms with Crippen molar-refractivity contribution in [1.29, 1.82) is 0 Å². The van der Waals surface area contributed by atoms with E-state index in [9.17, 15) is 0 Å². The molecule has 0 amide bonds. The smallest absolute Gasteiger partial charge is 0.181 e. The number of hydrogen-bond acceptors (Lipinski definition) is 3. The van der Waals surface area contributed by atoms with Crippen LogP contribution in [0.25, 0.3) is 11.3 Å². The zero-order valence-corrected chi connectivity index (χ0v) is 9.03. The van der Waals surface area contributed by atoms with Gasteiger partial charge in [0.2, 0.25) is 0 Å². The largest absolute Gasteiger partial charge is 0.444 e. The van der Waals surface area contributed by atoms with E-state index >= 15 is 0 Å². The summed E-state index contributed by atoms with van der Waals surface area (Å²) < 4.78 is 5.25. The van der Waals surface area contributed by atoms with E-state index in [1.54, 1.807) is 6.20 Å². The Morgan fingerprint density at radius 1 is 1.38 bits per heavy atom. The van der Waals surface area contributed by atoms with Crippen molar-refractivity contribution in [2.45, 2.75) is 6.92 Å². The molecule has 16 heavy (non-hydrogen) atoms. The second-order valence-electron chi connectivity index (χ2n) is 3.46. The maximum absolute atomic E-state index is 5.34. The van der Waals surface area contributed by atoms with Gasteiger partial charge in [-0.25, -0.2) is 4.98 Å². The van der Waals surface area contributed by atoms with Crippen LogP contribution in [0.1, 0.15) is 11.1 Å². The lowest BCUT2D eigenvalue weighted by Crippen LogP contribution is -1.93. The fourth-order valence-corrected chi connectivity index (χ4v) is 1.51. The summed E-state index contributed by atoms with van der Waals surface area (Å²) in [5.41, 5.74) is 8.41. The molecule has 0 unspecified atom stereocenters. The Balaban J connectivity index is 2.44. The maximum Gasteiger partial charge on any atom is 0.181 e. The van der Waals surface area contributed by atoms with E-state index in [0.717, 1.165) is 22.5 Å². The third kappa shape index (κ3) is 2.30. The molecule has 0 saturated carbocycles. The fraction of sp³-hybridized carbons (Fsp3) is 0.154. The van der Waals surface area contributed by atoms with E-state index in [1.807, 2.05) is 25.1 Å². The quantitative estimate of drug-likeness (QED) is 0.735. The minimum Gasteiger partial charge on any atom is -0.444 e. The summed E-state index contributed by atoms with van der Waals surface area (Å²) in [5, 5.41) is 0. The normalized spacial score (nSPS) is 9.62. The van der Waals surface area contributed by atoms with Crippen molar-refractivity contribution in [2.75, 3.05) is 6.54 Å². The van der Waals surface area contributed by atoms with Gasteiger partial charge in [0.15, 0.2) is 12.2 Å². The molecule has 2 aromatic rings. The molecule has 0 atom stereocenters. The molecule has 0 radical (unpaired) electrons. The number of oxazole rings is 1. The van der Waals surface area contributed by atoms with Crippen LogP contribution in [0.15, 0.2) is 35.2 Å². The third-order valence-corrected chi connectivity index (χ3v) is 2.13. The summed E-state index contributed by atoms with van der Waals surface area (Å²) in [6.45, 7) is 2.39. The van der Waals surface area contributed by atoms with Gasteiger partial charge in [0.1, 0.15) is 0 Å². The summed E-state index contributed by atoms with van der Waals surface area (Å²) in [6.07, 6.45) is 3.11. The maximum atomic E-state index is 5.34. The second kappa shape index (κ2) is 4.65. The van der Waals surface area contributed by atoms with Gasteiger partial charge in [-0.2, -0.15) is 0 Å². The predicted molar refractivity (Wildman–Crippen MR) is 62.6 cm³/mol. The first-order valence-electron chi connectivity index (χ1n) is 4.99. The Kier molecular flexibility index (Phi) is 3.04. The molecule has 0 spiro atoms. The predicted octanol–water partition coefficient (Wildman–Crippen LogP) is 1.96. The Morgan fingerprint density at radius 2 is 2.25 bits per heavy atom. The molecule has 0 bridgehead atoms. The highest BCUT2D eigenvalue weighted by Gasteiger charge is 2.03. The van der Waals surface area contributed by atoms with Crippen molar-refractivity contribution in [3.8, 4) is 23.2 Å². The Hall–Kier alpha value is -2.05. The SMILES string of the molecule is Cc1cc(C#CCN)cc(-c2cnco2)c1. The lowest BCUT2D eigenvalue weighted by atomic mass is 10.1. The first-order valence-corrected chi connectivity index (χ1v) is 4.99. The number of nitrogens with two attached hydrogens (primary N) is 1. The van der Waals surface area contributed by atoms with Crippen LogP contribution < -0.4 is 5.73 Å². The monoisotopic (exact) mass is 212 g/mol. The zero-order chi connectivity index (χ0) is 11.4. The van der Waals surface area contributed by atoms with Crippen LogP contribution in [0.5, 0.6) is 0 Å². The Labute approximate surface area is 94.3 Å². The summed E-state index contributed by atoms with van der Waals surface area (Å²) in [6, 6.07) is 6.02. The van der Waals surface area contributed by atoms with Gasteiger partial charge in [-0.3, -0.25) is 0 Å². The summed E-state index contributed by atoms with van der Waals surface area (Å²) in [5.74, 6) is 6.60. The van der Waals surface area contributed by atoms with Gasteiger partial charge in [0.05, 0.1) is 12.7 Å². The highest BCUT2D eigenvalue weighted by molar-refractivity contribution is 5.60. The second-order valence-corrected chi connectivity index (χ2v) is 3.46. The molecule has 0 aliphatic rings. The number of benzene rings is 1. The Bertz CT molecular complexity index is 533. The lowest BCUT2D eigenvalue weighted by molar-refractivity contribution is 0.572. The Morgan fingerprint density at radius 3 is 2.94 bits per heavy atom. The summed E-state index contributed by atoms with van der Waals surface area (Å²) in [4.78, 5) is 3.90. The number of nitrogens with zero attached hydrogens (tertiary/aromatic N) is 1. The van der Waals surface area contributed by atoms with Gasteiger partial charge in [0, 0.05) is 11.1 Å². The molecule has 0 fully saturated rings. The average Bonchev–Trinajstić information content (AvgIpc) is 2.79. The van der Waals surface area contributed by atoms with Crippen LogP contribution in [0, 0.1) is 18.8 Å². The van der Waals surface area contributed by atoms with Crippen molar-refractivity contribution in [2.24, 2.45) is 5.73 Å². The van der Waals surface area contributed by atoms with Crippen LogP contribution in [-0.4, -0.2) is 11.5 Å². The molecule has 1 aromatic heterocycles. The van der Waals surface area contributed by atoms with Crippen LogP contribution in [0.3, 0.4) is 0 Å². The van der Waals surface area contributed by atoms with Gasteiger partial charge in [-0.05, 0) is 30.7 Å². The molecule has 2 rings (SSSR count). The van der Waals surface area contributed by atoms with E-state index in [-0.39, 0.29) is 0 Å². The molecule has 2 N–H and O–H groups in total. The van der Waals surface area contributed by atoms with Crippen molar-refractivity contribution >= 4 is 0 Å². The van der Waals surface area contributed by atoms with Gasteiger partial charge in [0.25, 0.3) is 0 Å². The number of aryl methyl sites for hydroxylation is 1. The minimum absolute atomic E-state index is 0.367. The molecule has 0 aliphatic heterocycles. The van der Waals surface area contributed by atoms with E-state index in [4.69, 9.17) is 10.2 Å². The van der Waals surface area contributed by atoms with Crippen LogP contribution in [0.2, 0.25) is 0 Å². The van der Waals surface area contributed by atoms with Crippen LogP contribution >= 0.6 is 0 Å². The van der Waals surface area contributed by atoms with E-state index in [2.05, 4.69) is 16.8 Å². The molecule has 0 saturated heterocycles. The first-order chi connectivity index (χ1) is 7.79. The van der Waals surface area contributed by atoms with Crippen molar-refractivity contribution in [3.63, 3.8) is 0 Å². The van der Waals surface area contributed by atoms with E-state index in [1.165, 1.54) is 6.39 Å². The molecule has 1 aromatic carbocycles. The van der Waals surface area contributed by atoms with Crippen LogP contribution in [-0.2, 0) is 0 Å². The first kappa shape index (κ1) is 10.5. The zero-order valence-electron chi connectivity index (χ0n) is 9.03. The van der Waals surface area contributed by atoms with Gasteiger partial charge in [-0.15, -0.1) is 0 Å². The average molecular weight is 212 g/mol. The summed E-state index contributed by atoms with van der Waals surface area (Å²) in [7, 11) is 0. The number of rotatable bonds is 1. The summed E-state index contributed by atoms with van der Waals surface area (Å²) >= 11 is 0. The molecule has 3 nitrogen and oxygen atoms in total. The van der Waals surface area contributed by atoms with E-state index < -0.39 is 0 Å². The molecule has 0 aliphatic carbocycles. The lowest BCUT2D eigenvalue weighted by Gasteiger charge is -2.00. The third-order valence-electron chi connectivity index (χ3n) is 2.13. The molecular weight excluding hydrogens is 200 g/mol.